The molecular weight excluding hydrogens is 314 g/mol. The Bertz CT molecular complexity index is 1170. The van der Waals surface area contributed by atoms with Crippen LogP contribution in [0.5, 0.6) is 0 Å². The number of aromatic nitrogens is 2. The summed E-state index contributed by atoms with van der Waals surface area (Å²) in [7, 11) is 0. The molecule has 0 fully saturated rings. The van der Waals surface area contributed by atoms with Crippen LogP contribution in [-0.4, -0.2) is 15.6 Å². The number of hydrogen-bond donors (Lipinski definition) is 1. The average Bonchev–Trinajstić information content (AvgIpc) is 2.64. The second-order valence-corrected chi connectivity index (χ2v) is 5.78. The first-order chi connectivity index (χ1) is 12.1. The Morgan fingerprint density at radius 1 is 0.920 bits per heavy atom. The molecular formula is C20H15N3O2. The lowest BCUT2D eigenvalue weighted by Crippen LogP contribution is -2.35. The van der Waals surface area contributed by atoms with Crippen LogP contribution >= 0.6 is 0 Å². The van der Waals surface area contributed by atoms with E-state index >= 15 is 0 Å². The molecule has 1 heterocycles. The van der Waals surface area contributed by atoms with E-state index in [1.807, 2.05) is 42.5 Å². The van der Waals surface area contributed by atoms with Gasteiger partial charge in [0.2, 0.25) is 0 Å². The fourth-order valence-electron chi connectivity index (χ4n) is 2.96. The number of carbonyl (C=O) groups excluding carboxylic acids is 1. The third-order valence-corrected chi connectivity index (χ3v) is 4.19. The third-order valence-electron chi connectivity index (χ3n) is 4.19. The SMILES string of the molecule is Cc1nc2ccccc2c(=O)n1NC(=O)c1cccc2ccccc12. The van der Waals surface area contributed by atoms with Crippen molar-refractivity contribution in [3.63, 3.8) is 0 Å². The molecule has 1 N–H and O–H groups in total. The normalized spacial score (nSPS) is 10.9. The number of rotatable bonds is 2. The molecule has 0 saturated heterocycles. The Morgan fingerprint density at radius 2 is 1.60 bits per heavy atom. The molecule has 0 saturated carbocycles. The zero-order valence-electron chi connectivity index (χ0n) is 13.6. The van der Waals surface area contributed by atoms with Crippen LogP contribution in [0.3, 0.4) is 0 Å². The molecule has 0 atom stereocenters. The molecule has 122 valence electrons. The summed E-state index contributed by atoms with van der Waals surface area (Å²) < 4.78 is 1.20. The van der Waals surface area contributed by atoms with Gasteiger partial charge in [0.15, 0.2) is 0 Å². The Labute approximate surface area is 143 Å². The van der Waals surface area contributed by atoms with Gasteiger partial charge < -0.3 is 0 Å². The summed E-state index contributed by atoms with van der Waals surface area (Å²) >= 11 is 0. The molecule has 0 aliphatic carbocycles. The maximum Gasteiger partial charge on any atom is 0.280 e. The fraction of sp³-hybridized carbons (Fsp3) is 0.0500. The average molecular weight is 329 g/mol. The van der Waals surface area contributed by atoms with Gasteiger partial charge in [0.25, 0.3) is 11.5 Å². The van der Waals surface area contributed by atoms with E-state index in [1.165, 1.54) is 4.68 Å². The van der Waals surface area contributed by atoms with Gasteiger partial charge in [-0.2, -0.15) is 0 Å². The van der Waals surface area contributed by atoms with E-state index in [9.17, 15) is 9.59 Å². The van der Waals surface area contributed by atoms with Crippen LogP contribution in [0.25, 0.3) is 21.7 Å². The van der Waals surface area contributed by atoms with Crippen LogP contribution in [0, 0.1) is 6.92 Å². The van der Waals surface area contributed by atoms with Gasteiger partial charge >= 0.3 is 0 Å². The van der Waals surface area contributed by atoms with E-state index in [1.54, 1.807) is 31.2 Å². The van der Waals surface area contributed by atoms with Crippen LogP contribution in [0.4, 0.5) is 0 Å². The summed E-state index contributed by atoms with van der Waals surface area (Å²) in [6, 6.07) is 20.2. The monoisotopic (exact) mass is 329 g/mol. The Kier molecular flexibility index (Phi) is 3.54. The van der Waals surface area contributed by atoms with Gasteiger partial charge in [0.1, 0.15) is 5.82 Å². The molecule has 0 aliphatic rings. The number of nitrogens with one attached hydrogen (secondary N) is 1. The second-order valence-electron chi connectivity index (χ2n) is 5.78. The predicted molar refractivity (Wildman–Crippen MR) is 98.4 cm³/mol. The lowest BCUT2D eigenvalue weighted by molar-refractivity contribution is 0.101. The van der Waals surface area contributed by atoms with E-state index in [-0.39, 0.29) is 11.5 Å². The topological polar surface area (TPSA) is 64.0 Å². The van der Waals surface area contributed by atoms with Gasteiger partial charge in [-0.25, -0.2) is 9.66 Å². The fourth-order valence-corrected chi connectivity index (χ4v) is 2.96. The van der Waals surface area contributed by atoms with Crippen molar-refractivity contribution in [2.45, 2.75) is 6.92 Å². The molecule has 0 unspecified atom stereocenters. The molecule has 0 radical (unpaired) electrons. The number of hydrogen-bond acceptors (Lipinski definition) is 3. The van der Waals surface area contributed by atoms with Crippen molar-refractivity contribution in [2.24, 2.45) is 0 Å². The van der Waals surface area contributed by atoms with Crippen LogP contribution in [0.15, 0.2) is 71.5 Å². The third kappa shape index (κ3) is 2.55. The number of carbonyl (C=O) groups is 1. The van der Waals surface area contributed by atoms with Gasteiger partial charge in [-0.15, -0.1) is 0 Å². The first kappa shape index (κ1) is 15.1. The number of nitrogens with zero attached hydrogens (tertiary/aromatic N) is 2. The number of benzene rings is 3. The number of aryl methyl sites for hydroxylation is 1. The van der Waals surface area contributed by atoms with E-state index < -0.39 is 0 Å². The lowest BCUT2D eigenvalue weighted by atomic mass is 10.0. The summed E-state index contributed by atoms with van der Waals surface area (Å²) in [4.78, 5) is 29.9. The molecule has 5 nitrogen and oxygen atoms in total. The van der Waals surface area contributed by atoms with Crippen molar-refractivity contribution in [3.05, 3.63) is 88.5 Å². The minimum atomic E-state index is -0.348. The zero-order valence-corrected chi connectivity index (χ0v) is 13.6. The Hall–Kier alpha value is -3.47. The smallest absolute Gasteiger partial charge is 0.267 e. The van der Waals surface area contributed by atoms with Crippen LogP contribution in [0.2, 0.25) is 0 Å². The molecule has 5 heteroatoms. The highest BCUT2D eigenvalue weighted by Gasteiger charge is 2.14. The van der Waals surface area contributed by atoms with Gasteiger partial charge in [-0.1, -0.05) is 48.5 Å². The van der Waals surface area contributed by atoms with Crippen molar-refractivity contribution < 1.29 is 4.79 Å². The number of fused-ring (bicyclic) bond motifs is 2. The highest BCUT2D eigenvalue weighted by Crippen LogP contribution is 2.18. The van der Waals surface area contributed by atoms with E-state index in [2.05, 4.69) is 10.4 Å². The summed E-state index contributed by atoms with van der Waals surface area (Å²) in [5.41, 5.74) is 3.51. The van der Waals surface area contributed by atoms with Gasteiger partial charge in [0.05, 0.1) is 10.9 Å². The van der Waals surface area contributed by atoms with E-state index in [0.29, 0.717) is 22.3 Å². The van der Waals surface area contributed by atoms with Gasteiger partial charge in [-0.3, -0.25) is 15.0 Å². The molecule has 3 aromatic carbocycles. The lowest BCUT2D eigenvalue weighted by Gasteiger charge is -2.13. The van der Waals surface area contributed by atoms with Crippen molar-refractivity contribution in [2.75, 3.05) is 5.43 Å². The Balaban J connectivity index is 1.81. The molecule has 0 aliphatic heterocycles. The van der Waals surface area contributed by atoms with Gasteiger partial charge in [-0.05, 0) is 35.9 Å². The molecule has 0 spiro atoms. The maximum atomic E-state index is 12.8. The van der Waals surface area contributed by atoms with Crippen molar-refractivity contribution in [3.8, 4) is 0 Å². The summed E-state index contributed by atoms with van der Waals surface area (Å²) in [6.07, 6.45) is 0. The first-order valence-electron chi connectivity index (χ1n) is 7.92. The van der Waals surface area contributed by atoms with Crippen LogP contribution in [0.1, 0.15) is 16.2 Å². The second kappa shape index (κ2) is 5.87. The molecule has 1 amide bonds. The maximum absolute atomic E-state index is 12.8. The number of amides is 1. The quantitative estimate of drug-likeness (QED) is 0.614. The first-order valence-corrected chi connectivity index (χ1v) is 7.92. The molecule has 1 aromatic heterocycles. The number of para-hydroxylation sites is 1. The predicted octanol–water partition coefficient (Wildman–Crippen LogP) is 3.24. The molecule has 0 bridgehead atoms. The van der Waals surface area contributed by atoms with Crippen molar-refractivity contribution >= 4 is 27.6 Å². The van der Waals surface area contributed by atoms with Crippen LogP contribution in [-0.2, 0) is 0 Å². The summed E-state index contributed by atoms with van der Waals surface area (Å²) in [5.74, 6) is 0.0800. The van der Waals surface area contributed by atoms with Crippen LogP contribution < -0.4 is 11.0 Å². The summed E-state index contributed by atoms with van der Waals surface area (Å²) in [5, 5.41) is 2.27. The zero-order chi connectivity index (χ0) is 17.4. The van der Waals surface area contributed by atoms with Crippen molar-refractivity contribution in [1.29, 1.82) is 0 Å². The largest absolute Gasteiger partial charge is 0.280 e. The minimum absolute atomic E-state index is 0.295. The summed E-state index contributed by atoms with van der Waals surface area (Å²) in [6.45, 7) is 1.69. The molecule has 4 rings (SSSR count). The van der Waals surface area contributed by atoms with E-state index in [4.69, 9.17) is 0 Å². The Morgan fingerprint density at radius 3 is 2.44 bits per heavy atom. The van der Waals surface area contributed by atoms with Crippen molar-refractivity contribution in [1.82, 2.24) is 9.66 Å². The van der Waals surface area contributed by atoms with Gasteiger partial charge in [0, 0.05) is 5.56 Å². The minimum Gasteiger partial charge on any atom is -0.267 e. The van der Waals surface area contributed by atoms with E-state index in [0.717, 1.165) is 10.8 Å². The molecule has 4 aromatic rings. The highest BCUT2D eigenvalue weighted by atomic mass is 16.2. The standard InChI is InChI=1S/C20H15N3O2/c1-13-21-18-12-5-4-10-17(18)20(25)23(13)22-19(24)16-11-6-8-14-7-2-3-9-15(14)16/h2-12H,1H3,(H,22,24). The highest BCUT2D eigenvalue weighted by molar-refractivity contribution is 6.10. The molecule has 25 heavy (non-hydrogen) atoms.